The van der Waals surface area contributed by atoms with Gasteiger partial charge in [0.05, 0.1) is 24.7 Å². The molecule has 1 saturated heterocycles. The topological polar surface area (TPSA) is 102 Å². The van der Waals surface area contributed by atoms with Crippen LogP contribution in [0.1, 0.15) is 20.3 Å². The first kappa shape index (κ1) is 20.0. The molecule has 1 aromatic carbocycles. The van der Waals surface area contributed by atoms with Crippen LogP contribution in [0.5, 0.6) is 11.5 Å². The summed E-state index contributed by atoms with van der Waals surface area (Å²) in [5, 5.41) is 2.52. The highest BCUT2D eigenvalue weighted by Gasteiger charge is 2.34. The van der Waals surface area contributed by atoms with Crippen molar-refractivity contribution in [1.82, 2.24) is 4.90 Å². The third-order valence-corrected chi connectivity index (χ3v) is 5.82. The molecule has 8 nitrogen and oxygen atoms in total. The predicted octanol–water partition coefficient (Wildman–Crippen LogP) is 1.07. The fourth-order valence-corrected chi connectivity index (χ4v) is 4.49. The average Bonchev–Trinajstić information content (AvgIpc) is 2.96. The number of amides is 2. The second-order valence-electron chi connectivity index (χ2n) is 5.95. The summed E-state index contributed by atoms with van der Waals surface area (Å²) in [5.41, 5.74) is 0.391. The molecular weight excluding hydrogens is 360 g/mol. The molecule has 2 amide bonds. The zero-order chi connectivity index (χ0) is 19.3. The Morgan fingerprint density at radius 2 is 1.85 bits per heavy atom. The first-order valence-corrected chi connectivity index (χ1v) is 10.3. The summed E-state index contributed by atoms with van der Waals surface area (Å²) in [6.07, 6.45) is 0.343. The molecule has 1 aliphatic heterocycles. The Hall–Kier alpha value is -2.29. The van der Waals surface area contributed by atoms with Gasteiger partial charge in [-0.05, 0) is 32.4 Å². The van der Waals surface area contributed by atoms with Crippen LogP contribution < -0.4 is 14.8 Å². The standard InChI is InChI=1S/C17H24N2O6S/c1-4-24-14-7-6-12(10-15(14)25-5-2)18-16(20)17(21)19(3)13-8-9-26(22,23)11-13/h6-7,10,13H,4-5,8-9,11H2,1-3H3,(H,18,20). The van der Waals surface area contributed by atoms with Gasteiger partial charge >= 0.3 is 11.8 Å². The third-order valence-electron chi connectivity index (χ3n) is 4.07. The summed E-state index contributed by atoms with van der Waals surface area (Å²) in [6.45, 7) is 4.58. The van der Waals surface area contributed by atoms with Crippen molar-refractivity contribution in [3.63, 3.8) is 0 Å². The van der Waals surface area contributed by atoms with Crippen LogP contribution in [0.4, 0.5) is 5.69 Å². The van der Waals surface area contributed by atoms with E-state index in [9.17, 15) is 18.0 Å². The number of anilines is 1. The Bertz CT molecular complexity index is 777. The Morgan fingerprint density at radius 1 is 1.19 bits per heavy atom. The van der Waals surface area contributed by atoms with Gasteiger partial charge in [-0.15, -0.1) is 0 Å². The number of carbonyl (C=O) groups is 2. The molecule has 1 N–H and O–H groups in total. The molecule has 1 aliphatic rings. The van der Waals surface area contributed by atoms with E-state index in [2.05, 4.69) is 5.32 Å². The molecule has 2 rings (SSSR count). The van der Waals surface area contributed by atoms with Crippen molar-refractivity contribution in [2.75, 3.05) is 37.1 Å². The van der Waals surface area contributed by atoms with Gasteiger partial charge in [0.25, 0.3) is 0 Å². The van der Waals surface area contributed by atoms with Gasteiger partial charge in [-0.3, -0.25) is 9.59 Å². The SMILES string of the molecule is CCOc1ccc(NC(=O)C(=O)N(C)C2CCS(=O)(=O)C2)cc1OCC. The Balaban J connectivity index is 2.06. The number of nitrogens with one attached hydrogen (secondary N) is 1. The van der Waals surface area contributed by atoms with E-state index in [1.807, 2.05) is 13.8 Å². The minimum atomic E-state index is -3.14. The normalized spacial score (nSPS) is 18.2. The second-order valence-corrected chi connectivity index (χ2v) is 8.18. The number of hydrogen-bond acceptors (Lipinski definition) is 6. The highest BCUT2D eigenvalue weighted by Crippen LogP contribution is 2.30. The van der Waals surface area contributed by atoms with Crippen LogP contribution in [-0.4, -0.2) is 62.9 Å². The van der Waals surface area contributed by atoms with Crippen LogP contribution >= 0.6 is 0 Å². The molecule has 0 spiro atoms. The molecule has 0 radical (unpaired) electrons. The summed E-state index contributed by atoms with van der Waals surface area (Å²) in [5.74, 6) is -0.669. The second kappa shape index (κ2) is 8.39. The van der Waals surface area contributed by atoms with Crippen molar-refractivity contribution in [3.8, 4) is 11.5 Å². The van der Waals surface area contributed by atoms with E-state index in [4.69, 9.17) is 9.47 Å². The van der Waals surface area contributed by atoms with Gasteiger partial charge in [-0.2, -0.15) is 0 Å². The predicted molar refractivity (Wildman–Crippen MR) is 97.2 cm³/mol. The zero-order valence-electron chi connectivity index (χ0n) is 15.1. The van der Waals surface area contributed by atoms with Crippen LogP contribution in [0.25, 0.3) is 0 Å². The van der Waals surface area contributed by atoms with Gasteiger partial charge < -0.3 is 19.7 Å². The van der Waals surface area contributed by atoms with Gasteiger partial charge in [0.1, 0.15) is 0 Å². The molecule has 1 aromatic rings. The minimum Gasteiger partial charge on any atom is -0.490 e. The third kappa shape index (κ3) is 4.87. The minimum absolute atomic E-state index is 0.0352. The lowest BCUT2D eigenvalue weighted by molar-refractivity contribution is -0.143. The maximum absolute atomic E-state index is 12.3. The molecule has 1 heterocycles. The Labute approximate surface area is 153 Å². The van der Waals surface area contributed by atoms with E-state index in [0.29, 0.717) is 36.8 Å². The van der Waals surface area contributed by atoms with Gasteiger partial charge in [0.2, 0.25) is 0 Å². The molecule has 1 unspecified atom stereocenters. The molecule has 0 saturated carbocycles. The summed E-state index contributed by atoms with van der Waals surface area (Å²) in [4.78, 5) is 25.7. The van der Waals surface area contributed by atoms with Crippen LogP contribution in [0.3, 0.4) is 0 Å². The van der Waals surface area contributed by atoms with Crippen molar-refractivity contribution in [2.45, 2.75) is 26.3 Å². The van der Waals surface area contributed by atoms with Gasteiger partial charge in [-0.1, -0.05) is 0 Å². The summed E-state index contributed by atoms with van der Waals surface area (Å²) in [7, 11) is -1.70. The van der Waals surface area contributed by atoms with Crippen LogP contribution in [0, 0.1) is 0 Å². The van der Waals surface area contributed by atoms with Crippen molar-refractivity contribution in [2.24, 2.45) is 0 Å². The van der Waals surface area contributed by atoms with Crippen molar-refractivity contribution >= 4 is 27.3 Å². The highest BCUT2D eigenvalue weighted by molar-refractivity contribution is 7.91. The van der Waals surface area contributed by atoms with Crippen molar-refractivity contribution in [3.05, 3.63) is 18.2 Å². The maximum atomic E-state index is 12.3. The Kier molecular flexibility index (Phi) is 6.47. The zero-order valence-corrected chi connectivity index (χ0v) is 16.0. The van der Waals surface area contributed by atoms with Crippen LogP contribution in [0.2, 0.25) is 0 Å². The molecule has 0 aliphatic carbocycles. The molecular formula is C17H24N2O6S. The lowest BCUT2D eigenvalue weighted by atomic mass is 10.2. The van der Waals surface area contributed by atoms with E-state index in [1.165, 1.54) is 11.9 Å². The van der Waals surface area contributed by atoms with E-state index >= 15 is 0 Å². The molecule has 9 heteroatoms. The lowest BCUT2D eigenvalue weighted by Crippen LogP contribution is -2.43. The molecule has 0 bridgehead atoms. The summed E-state index contributed by atoms with van der Waals surface area (Å²) < 4.78 is 34.0. The highest BCUT2D eigenvalue weighted by atomic mass is 32.2. The van der Waals surface area contributed by atoms with Crippen molar-refractivity contribution < 1.29 is 27.5 Å². The van der Waals surface area contributed by atoms with E-state index < -0.39 is 27.7 Å². The van der Waals surface area contributed by atoms with Crippen LogP contribution in [-0.2, 0) is 19.4 Å². The smallest absolute Gasteiger partial charge is 0.313 e. The molecule has 26 heavy (non-hydrogen) atoms. The lowest BCUT2D eigenvalue weighted by Gasteiger charge is -2.22. The fourth-order valence-electron chi connectivity index (χ4n) is 2.72. The van der Waals surface area contributed by atoms with Crippen LogP contribution in [0.15, 0.2) is 18.2 Å². The number of carbonyl (C=O) groups excluding carboxylic acids is 2. The average molecular weight is 384 g/mol. The first-order chi connectivity index (χ1) is 12.3. The van der Waals surface area contributed by atoms with E-state index in [-0.39, 0.29) is 11.5 Å². The molecule has 1 atom stereocenters. The number of benzene rings is 1. The van der Waals surface area contributed by atoms with Gasteiger partial charge in [0.15, 0.2) is 21.3 Å². The summed E-state index contributed by atoms with van der Waals surface area (Å²) in [6, 6.07) is 4.37. The van der Waals surface area contributed by atoms with Gasteiger partial charge in [0, 0.05) is 24.8 Å². The largest absolute Gasteiger partial charge is 0.490 e. The summed E-state index contributed by atoms with van der Waals surface area (Å²) >= 11 is 0. The number of sulfone groups is 1. The maximum Gasteiger partial charge on any atom is 0.313 e. The quantitative estimate of drug-likeness (QED) is 0.736. The number of nitrogens with zero attached hydrogens (tertiary/aromatic N) is 1. The van der Waals surface area contributed by atoms with E-state index in [1.54, 1.807) is 18.2 Å². The fraction of sp³-hybridized carbons (Fsp3) is 0.529. The number of rotatable bonds is 6. The molecule has 1 fully saturated rings. The van der Waals surface area contributed by atoms with Gasteiger partial charge in [-0.25, -0.2) is 8.42 Å². The van der Waals surface area contributed by atoms with Crippen molar-refractivity contribution in [1.29, 1.82) is 0 Å². The molecule has 0 aromatic heterocycles. The first-order valence-electron chi connectivity index (χ1n) is 8.45. The van der Waals surface area contributed by atoms with E-state index in [0.717, 1.165) is 0 Å². The number of hydrogen-bond donors (Lipinski definition) is 1. The number of ether oxygens (including phenoxy) is 2. The number of likely N-dealkylation sites (N-methyl/N-ethyl adjacent to an activating group) is 1. The Morgan fingerprint density at radius 3 is 2.42 bits per heavy atom. The monoisotopic (exact) mass is 384 g/mol. The molecule has 144 valence electrons.